The van der Waals surface area contributed by atoms with Gasteiger partial charge in [0.2, 0.25) is 0 Å². The van der Waals surface area contributed by atoms with Crippen molar-refractivity contribution in [2.24, 2.45) is 0 Å². The molecule has 0 bridgehead atoms. The first-order valence-electron chi connectivity index (χ1n) is 2.65. The van der Waals surface area contributed by atoms with Crippen molar-refractivity contribution in [1.29, 1.82) is 0 Å². The van der Waals surface area contributed by atoms with Crippen LogP contribution in [0.4, 0.5) is 0 Å². The molecule has 0 unspecified atom stereocenters. The van der Waals surface area contributed by atoms with Crippen molar-refractivity contribution < 1.29 is 0 Å². The molecule has 0 aromatic carbocycles. The van der Waals surface area contributed by atoms with Crippen LogP contribution in [-0.4, -0.2) is 11.2 Å². The van der Waals surface area contributed by atoms with E-state index in [2.05, 4.69) is 11.9 Å². The summed E-state index contributed by atoms with van der Waals surface area (Å²) in [4.78, 5) is 5.18. The predicted molar refractivity (Wildman–Crippen MR) is 40.5 cm³/mol. The lowest BCUT2D eigenvalue weighted by Crippen LogP contribution is -1.77. The molecule has 47 valence electrons. The van der Waals surface area contributed by atoms with Crippen LogP contribution in [0.15, 0.2) is 23.2 Å². The molecule has 1 heterocycles. The van der Waals surface area contributed by atoms with Crippen molar-refractivity contribution in [3.63, 3.8) is 0 Å². The summed E-state index contributed by atoms with van der Waals surface area (Å²) in [6, 6.07) is 3.93. The van der Waals surface area contributed by atoms with Crippen LogP contribution in [0.1, 0.15) is 5.69 Å². The van der Waals surface area contributed by atoms with Gasteiger partial charge in [0.05, 0.1) is 0 Å². The van der Waals surface area contributed by atoms with Crippen molar-refractivity contribution in [3.05, 3.63) is 30.9 Å². The number of hydrogen-bond acceptors (Lipinski definition) is 2. The van der Waals surface area contributed by atoms with Gasteiger partial charge in [-0.1, -0.05) is 0 Å². The van der Waals surface area contributed by atoms with Crippen molar-refractivity contribution in [3.8, 4) is 0 Å². The van der Waals surface area contributed by atoms with E-state index in [1.807, 2.05) is 18.4 Å². The molecule has 1 nitrogen and oxygen atoms in total. The maximum atomic E-state index is 3.96. The molecule has 0 aliphatic heterocycles. The van der Waals surface area contributed by atoms with Crippen LogP contribution in [0.2, 0.25) is 0 Å². The summed E-state index contributed by atoms with van der Waals surface area (Å²) in [5, 5.41) is 0. The third-order valence-corrected chi connectivity index (χ3v) is 1.75. The number of hydrogen-bond donors (Lipinski definition) is 0. The summed E-state index contributed by atoms with van der Waals surface area (Å²) < 4.78 is 0. The minimum absolute atomic E-state index is 0.835. The molecule has 1 aromatic rings. The van der Waals surface area contributed by atoms with Crippen LogP contribution >= 0.6 is 11.8 Å². The molecule has 1 rings (SSSR count). The van der Waals surface area contributed by atoms with Gasteiger partial charge >= 0.3 is 0 Å². The highest BCUT2D eigenvalue weighted by Gasteiger charge is 1.87. The monoisotopic (exact) mass is 138 g/mol. The second kappa shape index (κ2) is 2.87. The predicted octanol–water partition coefficient (Wildman–Crippen LogP) is 1.99. The largest absolute Gasteiger partial charge is 0.261 e. The molecule has 0 saturated carbocycles. The zero-order chi connectivity index (χ0) is 6.69. The highest BCUT2D eigenvalue weighted by atomic mass is 32.2. The lowest BCUT2D eigenvalue weighted by Gasteiger charge is -1.93. The van der Waals surface area contributed by atoms with E-state index in [4.69, 9.17) is 0 Å². The van der Waals surface area contributed by atoms with Crippen LogP contribution in [0.5, 0.6) is 0 Å². The maximum absolute atomic E-state index is 3.96. The molecule has 0 aliphatic carbocycles. The molecule has 0 aliphatic rings. The molecule has 0 atom stereocenters. The first-order chi connectivity index (χ1) is 4.33. The molecule has 0 amide bonds. The number of aromatic nitrogens is 1. The average molecular weight is 138 g/mol. The average Bonchev–Trinajstić information content (AvgIpc) is 1.88. The summed E-state index contributed by atoms with van der Waals surface area (Å²) in [6.45, 7) is 3.70. The summed E-state index contributed by atoms with van der Waals surface area (Å²) in [7, 11) is 0. The fourth-order valence-electron chi connectivity index (χ4n) is 0.583. The Labute approximate surface area is 59.5 Å². The van der Waals surface area contributed by atoms with E-state index in [0.717, 1.165) is 5.69 Å². The lowest BCUT2D eigenvalue weighted by molar-refractivity contribution is 1.21. The summed E-state index contributed by atoms with van der Waals surface area (Å²) in [6.07, 6.45) is 3.81. The number of pyridine rings is 1. The zero-order valence-corrected chi connectivity index (χ0v) is 6.11. The Morgan fingerprint density at radius 3 is 2.89 bits per heavy atom. The first-order valence-corrected chi connectivity index (χ1v) is 3.87. The number of nitrogens with zero attached hydrogens (tertiary/aromatic N) is 1. The third-order valence-electron chi connectivity index (χ3n) is 1.02. The quantitative estimate of drug-likeness (QED) is 0.550. The van der Waals surface area contributed by atoms with Crippen LogP contribution < -0.4 is 0 Å². The molecule has 2 heteroatoms. The molecule has 0 N–H and O–H groups in total. The van der Waals surface area contributed by atoms with E-state index in [0.29, 0.717) is 0 Å². The minimum Gasteiger partial charge on any atom is -0.261 e. The zero-order valence-electron chi connectivity index (χ0n) is 5.29. The van der Waals surface area contributed by atoms with Gasteiger partial charge in [-0.3, -0.25) is 4.98 Å². The van der Waals surface area contributed by atoms with Gasteiger partial charge in [0.25, 0.3) is 0 Å². The lowest BCUT2D eigenvalue weighted by atomic mass is 10.4. The van der Waals surface area contributed by atoms with E-state index >= 15 is 0 Å². The van der Waals surface area contributed by atoms with E-state index in [9.17, 15) is 0 Å². The Balaban J connectivity index is 2.94. The Morgan fingerprint density at radius 2 is 2.44 bits per heavy atom. The molecule has 1 radical (unpaired) electrons. The van der Waals surface area contributed by atoms with Crippen LogP contribution in [-0.2, 0) is 0 Å². The minimum atomic E-state index is 0.835. The standard InChI is InChI=1S/C7H8NS/c1-6-5-7(9-2)3-4-8-6/h3-5H,1H2,2H3. The SMILES string of the molecule is [CH2]c1cc(SC)ccn1. The van der Waals surface area contributed by atoms with Gasteiger partial charge in [0, 0.05) is 16.8 Å². The third kappa shape index (κ3) is 1.72. The van der Waals surface area contributed by atoms with Gasteiger partial charge < -0.3 is 0 Å². The van der Waals surface area contributed by atoms with Crippen LogP contribution in [0, 0.1) is 6.92 Å². The topological polar surface area (TPSA) is 12.9 Å². The molecule has 0 spiro atoms. The Morgan fingerprint density at radius 1 is 1.67 bits per heavy atom. The maximum Gasteiger partial charge on any atom is 0.0418 e. The second-order valence-corrected chi connectivity index (χ2v) is 2.57. The second-order valence-electron chi connectivity index (χ2n) is 1.69. The van der Waals surface area contributed by atoms with Gasteiger partial charge in [-0.05, 0) is 25.3 Å². The summed E-state index contributed by atoms with van der Waals surface area (Å²) in [5.41, 5.74) is 0.835. The van der Waals surface area contributed by atoms with Crippen LogP contribution in [0.25, 0.3) is 0 Å². The molecule has 9 heavy (non-hydrogen) atoms. The molecular formula is C7H8NS. The normalized spacial score (nSPS) is 9.56. The molecule has 0 saturated heterocycles. The van der Waals surface area contributed by atoms with Crippen LogP contribution in [0.3, 0.4) is 0 Å². The van der Waals surface area contributed by atoms with E-state index in [1.54, 1.807) is 18.0 Å². The number of rotatable bonds is 1. The van der Waals surface area contributed by atoms with Crippen molar-refractivity contribution in [2.45, 2.75) is 4.90 Å². The number of thioether (sulfide) groups is 1. The molecule has 1 aromatic heterocycles. The van der Waals surface area contributed by atoms with E-state index < -0.39 is 0 Å². The van der Waals surface area contributed by atoms with Gasteiger partial charge in [0.1, 0.15) is 0 Å². The highest BCUT2D eigenvalue weighted by molar-refractivity contribution is 7.98. The Kier molecular flexibility index (Phi) is 2.11. The van der Waals surface area contributed by atoms with E-state index in [1.165, 1.54) is 4.90 Å². The molecular weight excluding hydrogens is 130 g/mol. The summed E-state index contributed by atoms with van der Waals surface area (Å²) >= 11 is 1.70. The van der Waals surface area contributed by atoms with Crippen molar-refractivity contribution >= 4 is 11.8 Å². The Bertz CT molecular complexity index is 198. The summed E-state index contributed by atoms with van der Waals surface area (Å²) in [5.74, 6) is 0. The van der Waals surface area contributed by atoms with E-state index in [-0.39, 0.29) is 0 Å². The van der Waals surface area contributed by atoms with Gasteiger partial charge in [-0.15, -0.1) is 11.8 Å². The first kappa shape index (κ1) is 6.62. The molecule has 0 fully saturated rings. The van der Waals surface area contributed by atoms with Crippen molar-refractivity contribution in [2.75, 3.05) is 6.26 Å². The van der Waals surface area contributed by atoms with Gasteiger partial charge in [-0.2, -0.15) is 0 Å². The van der Waals surface area contributed by atoms with Crippen molar-refractivity contribution in [1.82, 2.24) is 4.98 Å². The Hall–Kier alpha value is -0.500. The smallest absolute Gasteiger partial charge is 0.0418 e. The van der Waals surface area contributed by atoms with Gasteiger partial charge in [-0.25, -0.2) is 0 Å². The fraction of sp³-hybridized carbons (Fsp3) is 0.143. The van der Waals surface area contributed by atoms with Gasteiger partial charge in [0.15, 0.2) is 0 Å². The fourth-order valence-corrected chi connectivity index (χ4v) is 1.03. The highest BCUT2D eigenvalue weighted by Crippen LogP contribution is 2.12.